The van der Waals surface area contributed by atoms with Crippen LogP contribution < -0.4 is 0 Å². The summed E-state index contributed by atoms with van der Waals surface area (Å²) in [4.78, 5) is 0. The van der Waals surface area contributed by atoms with Crippen molar-refractivity contribution >= 4 is 0 Å². The Labute approximate surface area is 77.4 Å². The van der Waals surface area contributed by atoms with Gasteiger partial charge in [-0.25, -0.2) is 0 Å². The van der Waals surface area contributed by atoms with Crippen LogP contribution in [0.2, 0.25) is 0 Å². The lowest BCUT2D eigenvalue weighted by atomic mass is 9.99. The maximum Gasteiger partial charge on any atom is 0.0905 e. The van der Waals surface area contributed by atoms with Crippen molar-refractivity contribution in [1.82, 2.24) is 0 Å². The van der Waals surface area contributed by atoms with Crippen molar-refractivity contribution in [1.29, 1.82) is 0 Å². The quantitative estimate of drug-likeness (QED) is 0.531. The molecule has 1 saturated carbocycles. The minimum absolute atomic E-state index is 0.398. The number of hydrogen-bond donors (Lipinski definition) is 0. The Hall–Kier alpha value is -0.0400. The average Bonchev–Trinajstić information content (AvgIpc) is 2.34. The number of hydrogen-bond acceptors (Lipinski definition) is 0. The summed E-state index contributed by atoms with van der Waals surface area (Å²) >= 11 is 0. The minimum atomic E-state index is 0.398. The van der Waals surface area contributed by atoms with E-state index in [9.17, 15) is 0 Å². The van der Waals surface area contributed by atoms with Gasteiger partial charge in [-0.2, -0.15) is 0 Å². The van der Waals surface area contributed by atoms with Crippen LogP contribution in [0.3, 0.4) is 0 Å². The molecule has 0 aromatic rings. The fraction of sp³-hybridized carbons (Fsp3) is 1.00. The van der Waals surface area contributed by atoms with Gasteiger partial charge >= 0.3 is 0 Å². The van der Waals surface area contributed by atoms with E-state index in [0.29, 0.717) is 5.54 Å². The monoisotopic (exact) mass is 170 g/mol. The summed E-state index contributed by atoms with van der Waals surface area (Å²) in [6, 6.07) is 0.907. The molecule has 0 spiro atoms. The molecule has 0 heterocycles. The second kappa shape index (κ2) is 3.02. The van der Waals surface area contributed by atoms with Crippen LogP contribution in [0, 0.1) is 0 Å². The minimum Gasteiger partial charge on any atom is -0.322 e. The SMILES string of the molecule is CC(C)(C)[N+](C)(C)C1CCCC1. The van der Waals surface area contributed by atoms with Gasteiger partial charge < -0.3 is 4.48 Å². The topological polar surface area (TPSA) is 0 Å². The molecule has 0 aromatic heterocycles. The summed E-state index contributed by atoms with van der Waals surface area (Å²) in [6.45, 7) is 7.06. The smallest absolute Gasteiger partial charge is 0.0905 e. The maximum absolute atomic E-state index is 2.38. The first-order chi connectivity index (χ1) is 5.36. The van der Waals surface area contributed by atoms with E-state index in [1.54, 1.807) is 0 Å². The molecule has 1 nitrogen and oxygen atoms in total. The van der Waals surface area contributed by atoms with Crippen molar-refractivity contribution in [3.8, 4) is 0 Å². The van der Waals surface area contributed by atoms with Gasteiger partial charge in [-0.3, -0.25) is 0 Å². The van der Waals surface area contributed by atoms with Crippen molar-refractivity contribution in [3.63, 3.8) is 0 Å². The Morgan fingerprint density at radius 3 is 1.75 bits per heavy atom. The molecule has 0 aromatic carbocycles. The number of nitrogens with zero attached hydrogens (tertiary/aromatic N) is 1. The first-order valence-electron chi connectivity index (χ1n) is 5.19. The van der Waals surface area contributed by atoms with Gasteiger partial charge in [0.05, 0.1) is 25.7 Å². The van der Waals surface area contributed by atoms with Gasteiger partial charge in [0.25, 0.3) is 0 Å². The predicted molar refractivity (Wildman–Crippen MR) is 54.1 cm³/mol. The Kier molecular flexibility index (Phi) is 2.53. The van der Waals surface area contributed by atoms with E-state index in [2.05, 4.69) is 34.9 Å². The molecule has 12 heavy (non-hydrogen) atoms. The Morgan fingerprint density at radius 2 is 1.42 bits per heavy atom. The van der Waals surface area contributed by atoms with Crippen molar-refractivity contribution in [2.24, 2.45) is 0 Å². The highest BCUT2D eigenvalue weighted by Gasteiger charge is 2.40. The largest absolute Gasteiger partial charge is 0.322 e. The second-order valence-corrected chi connectivity index (χ2v) is 5.65. The Bertz CT molecular complexity index is 147. The zero-order chi connectivity index (χ0) is 9.41. The summed E-state index contributed by atoms with van der Waals surface area (Å²) < 4.78 is 1.19. The Balaban J connectivity index is 2.69. The van der Waals surface area contributed by atoms with Gasteiger partial charge in [0.15, 0.2) is 0 Å². The van der Waals surface area contributed by atoms with Gasteiger partial charge in [0.1, 0.15) is 0 Å². The molecule has 72 valence electrons. The lowest BCUT2D eigenvalue weighted by Gasteiger charge is -2.47. The highest BCUT2D eigenvalue weighted by molar-refractivity contribution is 4.72. The van der Waals surface area contributed by atoms with Gasteiger partial charge in [0.2, 0.25) is 0 Å². The van der Waals surface area contributed by atoms with Crippen molar-refractivity contribution in [3.05, 3.63) is 0 Å². The van der Waals surface area contributed by atoms with E-state index in [0.717, 1.165) is 6.04 Å². The van der Waals surface area contributed by atoms with Crippen LogP contribution in [0.15, 0.2) is 0 Å². The van der Waals surface area contributed by atoms with Crippen LogP contribution in [0.25, 0.3) is 0 Å². The standard InChI is InChI=1S/C11H24N/c1-11(2,3)12(4,5)10-8-6-7-9-10/h10H,6-9H2,1-5H3/q+1. The average molecular weight is 170 g/mol. The molecule has 1 fully saturated rings. The van der Waals surface area contributed by atoms with Crippen LogP contribution in [0.5, 0.6) is 0 Å². The molecule has 1 rings (SSSR count). The zero-order valence-corrected chi connectivity index (χ0v) is 9.35. The van der Waals surface area contributed by atoms with Gasteiger partial charge in [-0.05, 0) is 46.5 Å². The third kappa shape index (κ3) is 1.66. The third-order valence-corrected chi connectivity index (χ3v) is 3.97. The predicted octanol–water partition coefficient (Wildman–Crippen LogP) is 2.80. The first kappa shape index (κ1) is 10.0. The zero-order valence-electron chi connectivity index (χ0n) is 9.35. The molecule has 0 saturated heterocycles. The summed E-state index contributed by atoms with van der Waals surface area (Å²) in [7, 11) is 4.77. The molecule has 1 heteroatoms. The fourth-order valence-corrected chi connectivity index (χ4v) is 2.10. The molecule has 0 N–H and O–H groups in total. The molecule has 1 aliphatic rings. The third-order valence-electron chi connectivity index (χ3n) is 3.97. The lowest BCUT2D eigenvalue weighted by molar-refractivity contribution is -0.957. The summed E-state index contributed by atoms with van der Waals surface area (Å²) in [5.41, 5.74) is 0.398. The van der Waals surface area contributed by atoms with Crippen LogP contribution >= 0.6 is 0 Å². The Morgan fingerprint density at radius 1 is 1.00 bits per heavy atom. The first-order valence-corrected chi connectivity index (χ1v) is 5.19. The number of quaternary nitrogens is 1. The summed E-state index contributed by atoms with van der Waals surface area (Å²) in [5, 5.41) is 0. The lowest BCUT2D eigenvalue weighted by Crippen LogP contribution is -2.59. The molecular formula is C11H24N+. The van der Waals surface area contributed by atoms with E-state index in [-0.39, 0.29) is 0 Å². The van der Waals surface area contributed by atoms with Gasteiger partial charge in [-0.15, -0.1) is 0 Å². The van der Waals surface area contributed by atoms with Crippen LogP contribution in [0.4, 0.5) is 0 Å². The van der Waals surface area contributed by atoms with E-state index in [4.69, 9.17) is 0 Å². The summed E-state index contributed by atoms with van der Waals surface area (Å²) in [5.74, 6) is 0. The summed E-state index contributed by atoms with van der Waals surface area (Å²) in [6.07, 6.45) is 5.76. The second-order valence-electron chi connectivity index (χ2n) is 5.65. The van der Waals surface area contributed by atoms with E-state index < -0.39 is 0 Å². The molecule has 0 atom stereocenters. The fourth-order valence-electron chi connectivity index (χ4n) is 2.10. The van der Waals surface area contributed by atoms with E-state index in [1.165, 1.54) is 30.2 Å². The van der Waals surface area contributed by atoms with Crippen LogP contribution in [0.1, 0.15) is 46.5 Å². The molecular weight excluding hydrogens is 146 g/mol. The van der Waals surface area contributed by atoms with Crippen LogP contribution in [-0.4, -0.2) is 30.2 Å². The number of rotatable bonds is 1. The maximum atomic E-state index is 2.38. The van der Waals surface area contributed by atoms with Gasteiger partial charge in [0, 0.05) is 0 Å². The molecule has 0 aliphatic heterocycles. The van der Waals surface area contributed by atoms with E-state index in [1.807, 2.05) is 0 Å². The normalized spacial score (nSPS) is 21.8. The van der Waals surface area contributed by atoms with Gasteiger partial charge in [-0.1, -0.05) is 0 Å². The van der Waals surface area contributed by atoms with Crippen LogP contribution in [-0.2, 0) is 0 Å². The van der Waals surface area contributed by atoms with Crippen molar-refractivity contribution in [2.75, 3.05) is 14.1 Å². The molecule has 0 radical (unpaired) electrons. The molecule has 1 aliphatic carbocycles. The molecule has 0 bridgehead atoms. The highest BCUT2D eigenvalue weighted by atomic mass is 15.4. The van der Waals surface area contributed by atoms with Crippen molar-refractivity contribution in [2.45, 2.75) is 58.0 Å². The van der Waals surface area contributed by atoms with Crippen molar-refractivity contribution < 1.29 is 4.48 Å². The molecule has 0 amide bonds. The highest BCUT2D eigenvalue weighted by Crippen LogP contribution is 2.33. The molecule has 0 unspecified atom stereocenters. The van der Waals surface area contributed by atoms with E-state index >= 15 is 0 Å².